The topological polar surface area (TPSA) is 95.7 Å². The number of benzene rings is 2. The van der Waals surface area contributed by atoms with Crippen LogP contribution in [0.2, 0.25) is 0 Å². The molecule has 0 aromatic heterocycles. The third-order valence-electron chi connectivity index (χ3n) is 4.24. The Morgan fingerprint density at radius 2 is 1.86 bits per heavy atom. The van der Waals surface area contributed by atoms with Crippen LogP contribution in [0.3, 0.4) is 0 Å². The van der Waals surface area contributed by atoms with Crippen molar-refractivity contribution in [2.75, 3.05) is 18.1 Å². The van der Waals surface area contributed by atoms with Crippen LogP contribution in [0.5, 0.6) is 0 Å². The number of aryl methyl sites for hydroxylation is 2. The number of amides is 1. The molecule has 0 aliphatic carbocycles. The van der Waals surface area contributed by atoms with Gasteiger partial charge in [-0.2, -0.15) is 0 Å². The van der Waals surface area contributed by atoms with Crippen LogP contribution in [0.15, 0.2) is 42.5 Å². The smallest absolute Gasteiger partial charge is 0.269 e. The summed E-state index contributed by atoms with van der Waals surface area (Å²) in [6.07, 6.45) is 1.33. The zero-order chi connectivity index (χ0) is 20.7. The summed E-state index contributed by atoms with van der Waals surface area (Å²) in [5, 5.41) is 22.8. The molecule has 0 aliphatic heterocycles. The number of anilines is 1. The first kappa shape index (κ1) is 21.5. The van der Waals surface area contributed by atoms with Gasteiger partial charge < -0.3 is 10.0 Å². The SMILES string of the molecule is Cc1ccc(N(CCCCO)C(=S)NC(=O)c2ccc([N+](=O)[O-])cc2)c(C)c1. The number of aliphatic hydroxyl groups excluding tert-OH is 1. The van der Waals surface area contributed by atoms with E-state index in [-0.39, 0.29) is 23.0 Å². The van der Waals surface area contributed by atoms with Gasteiger partial charge in [0, 0.05) is 36.5 Å². The number of nitro groups is 1. The summed E-state index contributed by atoms with van der Waals surface area (Å²) in [5.74, 6) is -0.433. The van der Waals surface area contributed by atoms with Crippen molar-refractivity contribution in [3.8, 4) is 0 Å². The Morgan fingerprint density at radius 1 is 1.18 bits per heavy atom. The Labute approximate surface area is 169 Å². The minimum Gasteiger partial charge on any atom is -0.396 e. The number of hydrogen-bond donors (Lipinski definition) is 2. The first-order valence-corrected chi connectivity index (χ1v) is 9.29. The van der Waals surface area contributed by atoms with E-state index in [1.807, 2.05) is 36.9 Å². The number of nitro benzene ring substituents is 1. The number of carbonyl (C=O) groups is 1. The molecule has 0 fully saturated rings. The third kappa shape index (κ3) is 5.58. The van der Waals surface area contributed by atoms with Crippen LogP contribution in [-0.2, 0) is 0 Å². The van der Waals surface area contributed by atoms with Gasteiger partial charge in [-0.05, 0) is 62.7 Å². The van der Waals surface area contributed by atoms with Crippen molar-refractivity contribution in [1.82, 2.24) is 5.32 Å². The molecule has 0 spiro atoms. The number of hydrogen-bond acceptors (Lipinski definition) is 5. The molecule has 0 unspecified atom stereocenters. The molecule has 1 amide bonds. The van der Waals surface area contributed by atoms with Gasteiger partial charge in [-0.3, -0.25) is 20.2 Å². The number of non-ortho nitro benzene ring substituents is 1. The highest BCUT2D eigenvalue weighted by Crippen LogP contribution is 2.22. The maximum absolute atomic E-state index is 12.5. The van der Waals surface area contributed by atoms with E-state index in [1.165, 1.54) is 24.3 Å². The first-order valence-electron chi connectivity index (χ1n) is 8.89. The second-order valence-corrected chi connectivity index (χ2v) is 6.82. The summed E-state index contributed by atoms with van der Waals surface area (Å²) < 4.78 is 0. The average molecular weight is 401 g/mol. The van der Waals surface area contributed by atoms with E-state index in [0.717, 1.165) is 16.8 Å². The molecule has 0 heterocycles. The van der Waals surface area contributed by atoms with E-state index < -0.39 is 10.8 Å². The lowest BCUT2D eigenvalue weighted by molar-refractivity contribution is -0.384. The van der Waals surface area contributed by atoms with E-state index in [0.29, 0.717) is 19.4 Å². The van der Waals surface area contributed by atoms with Gasteiger partial charge >= 0.3 is 0 Å². The molecule has 0 saturated heterocycles. The highest BCUT2D eigenvalue weighted by molar-refractivity contribution is 7.80. The lowest BCUT2D eigenvalue weighted by atomic mass is 10.1. The highest BCUT2D eigenvalue weighted by atomic mass is 32.1. The number of nitrogens with one attached hydrogen (secondary N) is 1. The summed E-state index contributed by atoms with van der Waals surface area (Å²) in [6, 6.07) is 11.3. The number of nitrogens with zero attached hydrogens (tertiary/aromatic N) is 2. The highest BCUT2D eigenvalue weighted by Gasteiger charge is 2.18. The lowest BCUT2D eigenvalue weighted by Gasteiger charge is -2.27. The molecular weight excluding hydrogens is 378 g/mol. The maximum Gasteiger partial charge on any atom is 0.269 e. The zero-order valence-corrected chi connectivity index (χ0v) is 16.7. The minimum absolute atomic E-state index is 0.0833. The molecule has 0 radical (unpaired) electrons. The Hall–Kier alpha value is -2.84. The summed E-state index contributed by atoms with van der Waals surface area (Å²) in [6.45, 7) is 4.61. The van der Waals surface area contributed by atoms with Crippen molar-refractivity contribution in [3.05, 3.63) is 69.3 Å². The fourth-order valence-corrected chi connectivity index (χ4v) is 3.07. The fourth-order valence-electron chi connectivity index (χ4n) is 2.79. The Bertz CT molecular complexity index is 868. The van der Waals surface area contributed by atoms with Crippen LogP contribution >= 0.6 is 12.2 Å². The van der Waals surface area contributed by atoms with Gasteiger partial charge in [-0.25, -0.2) is 0 Å². The molecule has 2 aromatic carbocycles. The van der Waals surface area contributed by atoms with Gasteiger partial charge in [0.2, 0.25) is 0 Å². The maximum atomic E-state index is 12.5. The van der Waals surface area contributed by atoms with Crippen molar-refractivity contribution in [2.24, 2.45) is 0 Å². The van der Waals surface area contributed by atoms with Crippen molar-refractivity contribution < 1.29 is 14.8 Å². The van der Waals surface area contributed by atoms with Crippen LogP contribution in [0.25, 0.3) is 0 Å². The second kappa shape index (κ2) is 9.91. The molecule has 2 aromatic rings. The Morgan fingerprint density at radius 3 is 2.43 bits per heavy atom. The standard InChI is InChI=1S/C20H23N3O4S/c1-14-5-10-18(15(2)13-14)22(11-3-4-12-24)20(28)21-19(25)16-6-8-17(9-7-16)23(26)27/h5-10,13,24H,3-4,11-12H2,1-2H3,(H,21,25,28). The zero-order valence-electron chi connectivity index (χ0n) is 15.8. The van der Waals surface area contributed by atoms with Crippen LogP contribution in [-0.4, -0.2) is 34.2 Å². The van der Waals surface area contributed by atoms with E-state index in [9.17, 15) is 14.9 Å². The molecule has 7 nitrogen and oxygen atoms in total. The van der Waals surface area contributed by atoms with Gasteiger partial charge in [-0.15, -0.1) is 0 Å². The molecule has 0 atom stereocenters. The van der Waals surface area contributed by atoms with Crippen molar-refractivity contribution in [1.29, 1.82) is 0 Å². The fraction of sp³-hybridized carbons (Fsp3) is 0.300. The Kier molecular flexibility index (Phi) is 7.60. The molecular formula is C20H23N3O4S. The predicted molar refractivity (Wildman–Crippen MR) is 113 cm³/mol. The van der Waals surface area contributed by atoms with Gasteiger partial charge in [0.25, 0.3) is 11.6 Å². The average Bonchev–Trinajstić information content (AvgIpc) is 2.66. The lowest BCUT2D eigenvalue weighted by Crippen LogP contribution is -2.43. The molecule has 28 heavy (non-hydrogen) atoms. The van der Waals surface area contributed by atoms with Crippen molar-refractivity contribution >= 4 is 34.6 Å². The van der Waals surface area contributed by atoms with E-state index >= 15 is 0 Å². The van der Waals surface area contributed by atoms with Crippen LogP contribution in [0.4, 0.5) is 11.4 Å². The molecule has 0 aliphatic rings. The van der Waals surface area contributed by atoms with Crippen molar-refractivity contribution in [2.45, 2.75) is 26.7 Å². The largest absolute Gasteiger partial charge is 0.396 e. The number of carbonyl (C=O) groups excluding carboxylic acids is 1. The van der Waals surface area contributed by atoms with E-state index in [4.69, 9.17) is 17.3 Å². The summed E-state index contributed by atoms with van der Waals surface area (Å²) in [5.41, 5.74) is 3.23. The summed E-state index contributed by atoms with van der Waals surface area (Å²) in [7, 11) is 0. The van der Waals surface area contributed by atoms with Gasteiger partial charge in [0.1, 0.15) is 0 Å². The number of thiocarbonyl (C=S) groups is 1. The van der Waals surface area contributed by atoms with Gasteiger partial charge in [-0.1, -0.05) is 17.7 Å². The predicted octanol–water partition coefficient (Wildman–Crippen LogP) is 3.51. The van der Waals surface area contributed by atoms with Crippen LogP contribution in [0, 0.1) is 24.0 Å². The number of rotatable bonds is 7. The molecule has 2 rings (SSSR count). The molecule has 0 saturated carbocycles. The molecule has 2 N–H and O–H groups in total. The first-order chi connectivity index (χ1) is 13.3. The molecule has 0 bridgehead atoms. The summed E-state index contributed by atoms with van der Waals surface area (Å²) in [4.78, 5) is 24.6. The number of unbranched alkanes of at least 4 members (excludes halogenated alkanes) is 1. The van der Waals surface area contributed by atoms with Crippen molar-refractivity contribution in [3.63, 3.8) is 0 Å². The van der Waals surface area contributed by atoms with Crippen LogP contribution < -0.4 is 10.2 Å². The Balaban J connectivity index is 2.18. The quantitative estimate of drug-likeness (QED) is 0.319. The van der Waals surface area contributed by atoms with Gasteiger partial charge in [0.05, 0.1) is 4.92 Å². The summed E-state index contributed by atoms with van der Waals surface area (Å²) >= 11 is 5.47. The van der Waals surface area contributed by atoms with Gasteiger partial charge in [0.15, 0.2) is 5.11 Å². The third-order valence-corrected chi connectivity index (χ3v) is 4.56. The normalized spacial score (nSPS) is 10.4. The number of aliphatic hydroxyl groups is 1. The van der Waals surface area contributed by atoms with Crippen LogP contribution in [0.1, 0.15) is 34.3 Å². The molecule has 8 heteroatoms. The van der Waals surface area contributed by atoms with E-state index in [2.05, 4.69) is 5.32 Å². The minimum atomic E-state index is -0.518. The molecule has 148 valence electrons. The van der Waals surface area contributed by atoms with E-state index in [1.54, 1.807) is 0 Å². The monoisotopic (exact) mass is 401 g/mol. The second-order valence-electron chi connectivity index (χ2n) is 6.44.